The van der Waals surface area contributed by atoms with E-state index in [0.717, 1.165) is 56.6 Å². The summed E-state index contributed by atoms with van der Waals surface area (Å²) in [6.45, 7) is 4.58. The highest BCUT2D eigenvalue weighted by atomic mass is 35.5. The van der Waals surface area contributed by atoms with Gasteiger partial charge in [0.1, 0.15) is 0 Å². The molecule has 6 heteroatoms. The number of carbonyl (C=O) groups is 2. The third kappa shape index (κ3) is 4.28. The zero-order valence-corrected chi connectivity index (χ0v) is 15.0. The van der Waals surface area contributed by atoms with E-state index in [9.17, 15) is 9.59 Å². The fraction of sp³-hybridized carbons (Fsp3) is 0.556. The molecule has 2 N–H and O–H groups in total. The van der Waals surface area contributed by atoms with Gasteiger partial charge >= 0.3 is 0 Å². The van der Waals surface area contributed by atoms with Crippen LogP contribution in [-0.2, 0) is 4.79 Å². The lowest BCUT2D eigenvalue weighted by Crippen LogP contribution is -2.29. The summed E-state index contributed by atoms with van der Waals surface area (Å²) < 4.78 is 0. The van der Waals surface area contributed by atoms with Crippen LogP contribution in [0.2, 0.25) is 0 Å². The van der Waals surface area contributed by atoms with Crippen molar-refractivity contribution < 1.29 is 9.59 Å². The van der Waals surface area contributed by atoms with E-state index in [1.807, 2.05) is 30.0 Å². The smallest absolute Gasteiger partial charge is 0.254 e. The molecule has 3 rings (SSSR count). The molecule has 24 heavy (non-hydrogen) atoms. The number of rotatable bonds is 4. The highest BCUT2D eigenvalue weighted by molar-refractivity contribution is 5.99. The van der Waals surface area contributed by atoms with Crippen molar-refractivity contribution in [2.75, 3.05) is 25.0 Å². The number of hydrogen-bond donors (Lipinski definition) is 2. The molecule has 1 atom stereocenters. The van der Waals surface area contributed by atoms with Crippen LogP contribution in [0, 0.1) is 6.92 Å². The van der Waals surface area contributed by atoms with Crippen molar-refractivity contribution >= 4 is 29.9 Å². The Morgan fingerprint density at radius 3 is 2.67 bits per heavy atom. The molecule has 0 saturated carbocycles. The summed E-state index contributed by atoms with van der Waals surface area (Å²) in [5.74, 6) is 0.0897. The fourth-order valence-corrected chi connectivity index (χ4v) is 3.45. The Bertz CT molecular complexity index is 594. The number of nitrogens with one attached hydrogen (secondary N) is 2. The summed E-state index contributed by atoms with van der Waals surface area (Å²) in [7, 11) is 0. The first-order valence-corrected chi connectivity index (χ1v) is 8.57. The van der Waals surface area contributed by atoms with Crippen molar-refractivity contribution in [2.45, 2.75) is 45.1 Å². The number of anilines is 1. The van der Waals surface area contributed by atoms with Crippen LogP contribution in [0.25, 0.3) is 0 Å². The van der Waals surface area contributed by atoms with E-state index >= 15 is 0 Å². The summed E-state index contributed by atoms with van der Waals surface area (Å²) in [6.07, 6.45) is 4.84. The molecule has 2 saturated heterocycles. The van der Waals surface area contributed by atoms with E-state index in [2.05, 4.69) is 10.6 Å². The third-order valence-corrected chi connectivity index (χ3v) is 4.83. The second kappa shape index (κ2) is 8.49. The molecule has 2 aliphatic rings. The first kappa shape index (κ1) is 18.7. The van der Waals surface area contributed by atoms with Crippen molar-refractivity contribution in [3.05, 3.63) is 29.3 Å². The first-order valence-electron chi connectivity index (χ1n) is 8.57. The van der Waals surface area contributed by atoms with E-state index in [4.69, 9.17) is 0 Å². The maximum atomic E-state index is 12.6. The Kier molecular flexibility index (Phi) is 6.63. The molecule has 2 heterocycles. The largest absolute Gasteiger partial charge is 0.339 e. The summed E-state index contributed by atoms with van der Waals surface area (Å²) in [5, 5.41) is 6.31. The monoisotopic (exact) mass is 351 g/mol. The SMILES string of the molecule is Cc1c(NC(=O)CC2CCCN2)cccc1C(=O)N1CCCC1.Cl. The van der Waals surface area contributed by atoms with Crippen LogP contribution in [0.5, 0.6) is 0 Å². The van der Waals surface area contributed by atoms with Gasteiger partial charge in [-0.2, -0.15) is 0 Å². The molecule has 132 valence electrons. The molecule has 2 aliphatic heterocycles. The molecule has 1 aromatic rings. The molecular weight excluding hydrogens is 326 g/mol. The lowest BCUT2D eigenvalue weighted by Gasteiger charge is -2.18. The van der Waals surface area contributed by atoms with E-state index in [0.29, 0.717) is 12.0 Å². The van der Waals surface area contributed by atoms with E-state index in [-0.39, 0.29) is 30.3 Å². The summed E-state index contributed by atoms with van der Waals surface area (Å²) in [6, 6.07) is 5.85. The van der Waals surface area contributed by atoms with Gasteiger partial charge in [0.05, 0.1) is 0 Å². The number of halogens is 1. The average molecular weight is 352 g/mol. The minimum Gasteiger partial charge on any atom is -0.339 e. The van der Waals surface area contributed by atoms with Gasteiger partial charge in [0.15, 0.2) is 0 Å². The molecule has 0 bridgehead atoms. The number of likely N-dealkylation sites (tertiary alicyclic amines) is 1. The minimum absolute atomic E-state index is 0. The Morgan fingerprint density at radius 2 is 2.00 bits per heavy atom. The zero-order chi connectivity index (χ0) is 16.2. The predicted octanol–water partition coefficient (Wildman–Crippen LogP) is 2.73. The van der Waals surface area contributed by atoms with Gasteiger partial charge in [-0.25, -0.2) is 0 Å². The van der Waals surface area contributed by atoms with Gasteiger partial charge < -0.3 is 15.5 Å². The van der Waals surface area contributed by atoms with Crippen LogP contribution >= 0.6 is 12.4 Å². The Hall–Kier alpha value is -1.59. The van der Waals surface area contributed by atoms with Crippen molar-refractivity contribution in [3.63, 3.8) is 0 Å². The maximum absolute atomic E-state index is 12.6. The van der Waals surface area contributed by atoms with Crippen LogP contribution in [0.15, 0.2) is 18.2 Å². The number of benzene rings is 1. The van der Waals surface area contributed by atoms with Crippen molar-refractivity contribution in [2.24, 2.45) is 0 Å². The Balaban J connectivity index is 0.00000208. The lowest BCUT2D eigenvalue weighted by molar-refractivity contribution is -0.116. The van der Waals surface area contributed by atoms with Crippen LogP contribution < -0.4 is 10.6 Å². The topological polar surface area (TPSA) is 61.4 Å². The zero-order valence-electron chi connectivity index (χ0n) is 14.1. The molecule has 2 amide bonds. The van der Waals surface area contributed by atoms with Gasteiger partial charge in [0.25, 0.3) is 5.91 Å². The van der Waals surface area contributed by atoms with Gasteiger partial charge in [0, 0.05) is 36.8 Å². The average Bonchev–Trinajstić information content (AvgIpc) is 3.22. The van der Waals surface area contributed by atoms with Crippen molar-refractivity contribution in [1.29, 1.82) is 0 Å². The Morgan fingerprint density at radius 1 is 1.25 bits per heavy atom. The van der Waals surface area contributed by atoms with Crippen LogP contribution in [0.3, 0.4) is 0 Å². The van der Waals surface area contributed by atoms with Gasteiger partial charge in [-0.15, -0.1) is 12.4 Å². The van der Waals surface area contributed by atoms with E-state index in [1.54, 1.807) is 0 Å². The quantitative estimate of drug-likeness (QED) is 0.876. The minimum atomic E-state index is 0. The van der Waals surface area contributed by atoms with Crippen LogP contribution in [0.1, 0.15) is 48.0 Å². The Labute approximate surface area is 149 Å². The number of amides is 2. The van der Waals surface area contributed by atoms with E-state index in [1.165, 1.54) is 0 Å². The highest BCUT2D eigenvalue weighted by Gasteiger charge is 2.22. The van der Waals surface area contributed by atoms with Crippen LogP contribution in [-0.4, -0.2) is 42.4 Å². The van der Waals surface area contributed by atoms with Gasteiger partial charge in [-0.3, -0.25) is 9.59 Å². The molecular formula is C18H26ClN3O2. The van der Waals surface area contributed by atoms with Gasteiger partial charge in [-0.05, 0) is 56.8 Å². The highest BCUT2D eigenvalue weighted by Crippen LogP contribution is 2.22. The first-order chi connectivity index (χ1) is 11.1. The number of nitrogens with zero attached hydrogens (tertiary/aromatic N) is 1. The standard InChI is InChI=1S/C18H25N3O2.ClH/c1-13-15(18(23)21-10-2-3-11-21)7-4-8-16(13)20-17(22)12-14-6-5-9-19-14;/h4,7-8,14,19H,2-3,5-6,9-12H2,1H3,(H,20,22);1H. The lowest BCUT2D eigenvalue weighted by atomic mass is 10.0. The van der Waals surface area contributed by atoms with Crippen LogP contribution in [0.4, 0.5) is 5.69 Å². The summed E-state index contributed by atoms with van der Waals surface area (Å²) in [4.78, 5) is 26.7. The molecule has 0 aromatic heterocycles. The van der Waals surface area contributed by atoms with Crippen molar-refractivity contribution in [3.8, 4) is 0 Å². The molecule has 0 spiro atoms. The maximum Gasteiger partial charge on any atom is 0.254 e. The number of hydrogen-bond acceptors (Lipinski definition) is 3. The second-order valence-electron chi connectivity index (χ2n) is 6.52. The fourth-order valence-electron chi connectivity index (χ4n) is 3.45. The normalized spacial score (nSPS) is 19.9. The van der Waals surface area contributed by atoms with Gasteiger partial charge in [0.2, 0.25) is 5.91 Å². The predicted molar refractivity (Wildman–Crippen MR) is 97.8 cm³/mol. The molecule has 1 unspecified atom stereocenters. The number of carbonyl (C=O) groups excluding carboxylic acids is 2. The molecule has 2 fully saturated rings. The molecule has 1 aromatic carbocycles. The summed E-state index contributed by atoms with van der Waals surface area (Å²) in [5.41, 5.74) is 2.30. The molecule has 5 nitrogen and oxygen atoms in total. The molecule has 0 aliphatic carbocycles. The third-order valence-electron chi connectivity index (χ3n) is 4.83. The van der Waals surface area contributed by atoms with Gasteiger partial charge in [-0.1, -0.05) is 6.07 Å². The molecule has 0 radical (unpaired) electrons. The van der Waals surface area contributed by atoms with E-state index < -0.39 is 0 Å². The summed E-state index contributed by atoms with van der Waals surface area (Å²) >= 11 is 0. The van der Waals surface area contributed by atoms with Crippen molar-refractivity contribution in [1.82, 2.24) is 10.2 Å². The second-order valence-corrected chi connectivity index (χ2v) is 6.52.